The topological polar surface area (TPSA) is 39.2 Å². The van der Waals surface area contributed by atoms with Gasteiger partial charge in [-0.15, -0.1) is 0 Å². The van der Waals surface area contributed by atoms with Crippen LogP contribution < -0.4 is 0 Å². The molecule has 1 heterocycles. The molecular formula is C10H7BrF5NO2. The van der Waals surface area contributed by atoms with Crippen LogP contribution in [-0.2, 0) is 22.1 Å². The zero-order valence-electron chi connectivity index (χ0n) is 9.39. The first-order chi connectivity index (χ1) is 8.68. The molecule has 3 nitrogen and oxygen atoms in total. The Bertz CT molecular complexity index is 490. The lowest BCUT2D eigenvalue weighted by atomic mass is 10.0. The number of ether oxygens (including phenoxy) is 1. The second-order valence-electron chi connectivity index (χ2n) is 3.40. The van der Waals surface area contributed by atoms with Gasteiger partial charge >= 0.3 is 12.1 Å². The van der Waals surface area contributed by atoms with E-state index < -0.39 is 41.8 Å². The fourth-order valence-electron chi connectivity index (χ4n) is 1.42. The minimum absolute atomic E-state index is 0.297. The van der Waals surface area contributed by atoms with Gasteiger partial charge in [0.25, 0.3) is 6.43 Å². The van der Waals surface area contributed by atoms with Crippen molar-refractivity contribution in [2.75, 3.05) is 7.11 Å². The van der Waals surface area contributed by atoms with Crippen molar-refractivity contribution in [2.45, 2.75) is 19.0 Å². The minimum atomic E-state index is -4.94. The highest BCUT2D eigenvalue weighted by molar-refractivity contribution is 9.10. The van der Waals surface area contributed by atoms with Crippen LogP contribution >= 0.6 is 15.9 Å². The Labute approximate surface area is 112 Å². The van der Waals surface area contributed by atoms with E-state index in [2.05, 4.69) is 25.7 Å². The molecule has 1 aromatic heterocycles. The van der Waals surface area contributed by atoms with Crippen LogP contribution in [0.2, 0.25) is 0 Å². The summed E-state index contributed by atoms with van der Waals surface area (Å²) < 4.78 is 67.7. The van der Waals surface area contributed by atoms with E-state index in [1.165, 1.54) is 0 Å². The van der Waals surface area contributed by atoms with Gasteiger partial charge in [-0.1, -0.05) is 0 Å². The second kappa shape index (κ2) is 5.81. The van der Waals surface area contributed by atoms with Crippen molar-refractivity contribution in [3.63, 3.8) is 0 Å². The van der Waals surface area contributed by atoms with Gasteiger partial charge in [0.2, 0.25) is 0 Å². The number of esters is 1. The maximum absolute atomic E-state index is 12.8. The number of aromatic nitrogens is 1. The van der Waals surface area contributed by atoms with Crippen molar-refractivity contribution in [3.05, 3.63) is 27.5 Å². The molecule has 0 aliphatic rings. The summed E-state index contributed by atoms with van der Waals surface area (Å²) in [7, 11) is 0.947. The number of alkyl halides is 5. The summed E-state index contributed by atoms with van der Waals surface area (Å²) in [5, 5.41) is 0. The zero-order chi connectivity index (χ0) is 14.8. The maximum atomic E-state index is 12.8. The number of carbonyl (C=O) groups excluding carboxylic acids is 1. The molecule has 0 fully saturated rings. The number of hydrogen-bond donors (Lipinski definition) is 0. The molecular weight excluding hydrogens is 341 g/mol. The summed E-state index contributed by atoms with van der Waals surface area (Å²) in [6.07, 6.45) is -8.42. The van der Waals surface area contributed by atoms with Crippen LogP contribution in [-0.4, -0.2) is 18.1 Å². The SMILES string of the molecule is COC(=O)Cc1c(C(F)(F)F)ncc(Br)c1C(F)F. The Kier molecular flexibility index (Phi) is 4.83. The first-order valence-electron chi connectivity index (χ1n) is 4.78. The predicted molar refractivity (Wildman–Crippen MR) is 57.6 cm³/mol. The van der Waals surface area contributed by atoms with E-state index in [-0.39, 0.29) is 4.47 Å². The lowest BCUT2D eigenvalue weighted by Gasteiger charge is -2.16. The summed E-state index contributed by atoms with van der Waals surface area (Å²) in [6.45, 7) is 0. The lowest BCUT2D eigenvalue weighted by molar-refractivity contribution is -0.143. The smallest absolute Gasteiger partial charge is 0.433 e. The summed E-state index contributed by atoms with van der Waals surface area (Å²) in [4.78, 5) is 14.1. The highest BCUT2D eigenvalue weighted by atomic mass is 79.9. The molecule has 0 spiro atoms. The van der Waals surface area contributed by atoms with Crippen molar-refractivity contribution in [3.8, 4) is 0 Å². The zero-order valence-corrected chi connectivity index (χ0v) is 11.0. The molecule has 0 saturated carbocycles. The molecule has 1 rings (SSSR count). The molecule has 0 unspecified atom stereocenters. The fraction of sp³-hybridized carbons (Fsp3) is 0.400. The van der Waals surface area contributed by atoms with Crippen molar-refractivity contribution in [1.29, 1.82) is 0 Å². The van der Waals surface area contributed by atoms with Gasteiger partial charge in [0.1, 0.15) is 5.69 Å². The van der Waals surface area contributed by atoms with Gasteiger partial charge in [0.15, 0.2) is 0 Å². The Morgan fingerprint density at radius 1 is 1.47 bits per heavy atom. The van der Waals surface area contributed by atoms with E-state index in [9.17, 15) is 26.7 Å². The Morgan fingerprint density at radius 3 is 2.47 bits per heavy atom. The van der Waals surface area contributed by atoms with Crippen LogP contribution in [0.3, 0.4) is 0 Å². The van der Waals surface area contributed by atoms with Crippen LogP contribution in [0.5, 0.6) is 0 Å². The number of pyridine rings is 1. The monoisotopic (exact) mass is 347 g/mol. The molecule has 0 N–H and O–H groups in total. The van der Waals surface area contributed by atoms with E-state index in [1.807, 2.05) is 0 Å². The van der Waals surface area contributed by atoms with E-state index in [4.69, 9.17) is 0 Å². The molecule has 0 bridgehead atoms. The quantitative estimate of drug-likeness (QED) is 0.620. The Hall–Kier alpha value is -1.25. The second-order valence-corrected chi connectivity index (χ2v) is 4.25. The summed E-state index contributed by atoms with van der Waals surface area (Å²) in [5.74, 6) is -1.06. The van der Waals surface area contributed by atoms with Gasteiger partial charge in [0.05, 0.1) is 13.5 Å². The maximum Gasteiger partial charge on any atom is 0.433 e. The van der Waals surface area contributed by atoms with Gasteiger partial charge in [-0.3, -0.25) is 9.78 Å². The molecule has 0 atom stereocenters. The third-order valence-electron chi connectivity index (χ3n) is 2.21. The van der Waals surface area contributed by atoms with Crippen molar-refractivity contribution in [1.82, 2.24) is 4.98 Å². The average molecular weight is 348 g/mol. The molecule has 19 heavy (non-hydrogen) atoms. The molecule has 0 aliphatic heterocycles. The van der Waals surface area contributed by atoms with Crippen LogP contribution in [0.4, 0.5) is 22.0 Å². The van der Waals surface area contributed by atoms with Crippen molar-refractivity contribution in [2.24, 2.45) is 0 Å². The third kappa shape index (κ3) is 3.62. The van der Waals surface area contributed by atoms with Crippen LogP contribution in [0.1, 0.15) is 23.2 Å². The normalized spacial score (nSPS) is 11.8. The van der Waals surface area contributed by atoms with Crippen LogP contribution in [0.15, 0.2) is 10.7 Å². The van der Waals surface area contributed by atoms with E-state index in [0.717, 1.165) is 7.11 Å². The van der Waals surface area contributed by atoms with Gasteiger partial charge in [-0.05, 0) is 15.9 Å². The van der Waals surface area contributed by atoms with Gasteiger partial charge in [-0.25, -0.2) is 8.78 Å². The Balaban J connectivity index is 3.49. The molecule has 106 valence electrons. The van der Waals surface area contributed by atoms with E-state index in [0.29, 0.717) is 6.20 Å². The molecule has 0 aliphatic carbocycles. The standard InChI is InChI=1S/C10H7BrF5NO2/c1-19-6(18)2-4-7(9(12)13)5(11)3-17-8(4)10(14,15)16/h3,9H,2H2,1H3. The van der Waals surface area contributed by atoms with E-state index in [1.54, 1.807) is 0 Å². The number of methoxy groups -OCH3 is 1. The first-order valence-corrected chi connectivity index (χ1v) is 5.57. The average Bonchev–Trinajstić information content (AvgIpc) is 2.26. The third-order valence-corrected chi connectivity index (χ3v) is 2.84. The fourth-order valence-corrected chi connectivity index (χ4v) is 1.93. The number of carbonyl (C=O) groups is 1. The number of rotatable bonds is 3. The summed E-state index contributed by atoms with van der Waals surface area (Å²) in [5.41, 5.74) is -3.31. The number of nitrogens with zero attached hydrogens (tertiary/aromatic N) is 1. The molecule has 0 radical (unpaired) electrons. The van der Waals surface area contributed by atoms with Crippen molar-refractivity contribution < 1.29 is 31.5 Å². The van der Waals surface area contributed by atoms with Crippen molar-refractivity contribution >= 4 is 21.9 Å². The van der Waals surface area contributed by atoms with Crippen LogP contribution in [0.25, 0.3) is 0 Å². The summed E-state index contributed by atoms with van der Waals surface area (Å²) in [6, 6.07) is 0. The van der Waals surface area contributed by atoms with Crippen LogP contribution in [0, 0.1) is 0 Å². The van der Waals surface area contributed by atoms with Gasteiger partial charge in [0, 0.05) is 21.8 Å². The first kappa shape index (κ1) is 15.8. The molecule has 0 amide bonds. The molecule has 0 saturated heterocycles. The Morgan fingerprint density at radius 2 is 2.05 bits per heavy atom. The molecule has 0 aromatic carbocycles. The van der Waals surface area contributed by atoms with Gasteiger partial charge in [-0.2, -0.15) is 13.2 Å². The lowest BCUT2D eigenvalue weighted by Crippen LogP contribution is -2.18. The number of hydrogen-bond acceptors (Lipinski definition) is 3. The highest BCUT2D eigenvalue weighted by Crippen LogP contribution is 2.38. The minimum Gasteiger partial charge on any atom is -0.469 e. The number of halogens is 6. The molecule has 1 aromatic rings. The highest BCUT2D eigenvalue weighted by Gasteiger charge is 2.38. The summed E-state index contributed by atoms with van der Waals surface area (Å²) >= 11 is 2.70. The predicted octanol–water partition coefficient (Wildman–Crippen LogP) is 3.52. The largest absolute Gasteiger partial charge is 0.469 e. The molecule has 9 heteroatoms. The van der Waals surface area contributed by atoms with Gasteiger partial charge < -0.3 is 4.74 Å². The van der Waals surface area contributed by atoms with E-state index >= 15 is 0 Å².